The monoisotopic (exact) mass is 405 g/mol. The molecule has 1 heterocycles. The Bertz CT molecular complexity index is 871. The Morgan fingerprint density at radius 2 is 1.96 bits per heavy atom. The maximum Gasteiger partial charge on any atom is 0.308 e. The van der Waals surface area contributed by atoms with Gasteiger partial charge in [0, 0.05) is 32.7 Å². The van der Waals surface area contributed by atoms with Crippen LogP contribution in [0.4, 0.5) is 11.4 Å². The van der Waals surface area contributed by atoms with Crippen LogP contribution in [0.3, 0.4) is 0 Å². The predicted molar refractivity (Wildman–Crippen MR) is 109 cm³/mol. The van der Waals surface area contributed by atoms with Crippen molar-refractivity contribution in [1.29, 1.82) is 0 Å². The molecule has 0 fully saturated rings. The largest absolute Gasteiger partial charge is 0.427 e. The minimum atomic E-state index is -0.424. The number of rotatable bonds is 8. The average Bonchev–Trinajstić information content (AvgIpc) is 2.61. The lowest BCUT2D eigenvalue weighted by molar-refractivity contribution is -0.131. The molecule has 0 saturated heterocycles. The zero-order valence-corrected chi connectivity index (χ0v) is 17.1. The van der Waals surface area contributed by atoms with Crippen LogP contribution < -0.4 is 15.4 Å². The number of benzene rings is 1. The van der Waals surface area contributed by atoms with Gasteiger partial charge >= 0.3 is 5.97 Å². The van der Waals surface area contributed by atoms with Crippen molar-refractivity contribution in [2.75, 3.05) is 17.2 Å². The molecule has 0 unspecified atom stereocenters. The van der Waals surface area contributed by atoms with Crippen molar-refractivity contribution < 1.29 is 19.1 Å². The van der Waals surface area contributed by atoms with Crippen molar-refractivity contribution in [2.45, 2.75) is 40.8 Å². The van der Waals surface area contributed by atoms with E-state index in [4.69, 9.17) is 21.1 Å². The molecule has 8 heteroatoms. The lowest BCUT2D eigenvalue weighted by Gasteiger charge is -2.17. The van der Waals surface area contributed by atoms with Crippen molar-refractivity contribution in [2.24, 2.45) is 0 Å². The summed E-state index contributed by atoms with van der Waals surface area (Å²) in [7, 11) is 0. The summed E-state index contributed by atoms with van der Waals surface area (Å²) in [6.45, 7) is 7.89. The number of nitrogens with one attached hydrogen (secondary N) is 2. The van der Waals surface area contributed by atoms with Crippen LogP contribution >= 0.6 is 11.6 Å². The van der Waals surface area contributed by atoms with Crippen LogP contribution in [-0.4, -0.2) is 23.5 Å². The Balaban J connectivity index is 2.24. The van der Waals surface area contributed by atoms with E-state index in [2.05, 4.69) is 15.6 Å². The fourth-order valence-electron chi connectivity index (χ4n) is 2.57. The zero-order valence-electron chi connectivity index (χ0n) is 16.4. The van der Waals surface area contributed by atoms with Gasteiger partial charge in [-0.15, -0.1) is 0 Å². The number of carbonyl (C=O) groups is 2. The average molecular weight is 406 g/mol. The first-order chi connectivity index (χ1) is 13.3. The number of hydrogen-bond acceptors (Lipinski definition) is 6. The highest BCUT2D eigenvalue weighted by atomic mass is 35.5. The Morgan fingerprint density at radius 3 is 2.57 bits per heavy atom. The maximum atomic E-state index is 11.6. The van der Waals surface area contributed by atoms with Crippen LogP contribution in [0.1, 0.15) is 37.6 Å². The van der Waals surface area contributed by atoms with Crippen molar-refractivity contribution in [3.8, 4) is 5.75 Å². The van der Waals surface area contributed by atoms with Gasteiger partial charge in [-0.1, -0.05) is 11.6 Å². The van der Waals surface area contributed by atoms with Gasteiger partial charge in [-0.25, -0.2) is 0 Å². The van der Waals surface area contributed by atoms with Gasteiger partial charge in [0.05, 0.1) is 35.2 Å². The molecule has 1 amide bonds. The van der Waals surface area contributed by atoms with Crippen molar-refractivity contribution in [3.05, 3.63) is 46.2 Å². The lowest BCUT2D eigenvalue weighted by Crippen LogP contribution is -2.12. The van der Waals surface area contributed by atoms with Crippen LogP contribution in [0.25, 0.3) is 0 Å². The third-order valence-corrected chi connectivity index (χ3v) is 4.09. The van der Waals surface area contributed by atoms with Gasteiger partial charge in [0.25, 0.3) is 0 Å². The molecule has 28 heavy (non-hydrogen) atoms. The summed E-state index contributed by atoms with van der Waals surface area (Å²) in [4.78, 5) is 27.2. The molecular formula is C20H24ClN3O4. The maximum absolute atomic E-state index is 11.6. The van der Waals surface area contributed by atoms with E-state index in [0.29, 0.717) is 47.6 Å². The van der Waals surface area contributed by atoms with Gasteiger partial charge in [-0.05, 0) is 37.1 Å². The third-order valence-electron chi connectivity index (χ3n) is 3.76. The Morgan fingerprint density at radius 1 is 1.21 bits per heavy atom. The van der Waals surface area contributed by atoms with Gasteiger partial charge in [-0.3, -0.25) is 14.6 Å². The van der Waals surface area contributed by atoms with E-state index >= 15 is 0 Å². The zero-order chi connectivity index (χ0) is 20.7. The molecule has 0 aliphatic heterocycles. The number of carbonyl (C=O) groups excluding carboxylic acids is 2. The number of esters is 1. The molecule has 1 aromatic heterocycles. The fourth-order valence-corrected chi connectivity index (χ4v) is 2.83. The highest BCUT2D eigenvalue weighted by Crippen LogP contribution is 2.32. The van der Waals surface area contributed by atoms with E-state index in [1.807, 2.05) is 19.9 Å². The molecule has 0 atom stereocenters. The summed E-state index contributed by atoms with van der Waals surface area (Å²) in [6, 6.07) is 5.15. The smallest absolute Gasteiger partial charge is 0.308 e. The Kier molecular flexibility index (Phi) is 7.78. The minimum absolute atomic E-state index is 0.206. The van der Waals surface area contributed by atoms with E-state index in [1.54, 1.807) is 18.3 Å². The summed E-state index contributed by atoms with van der Waals surface area (Å²) in [5.41, 5.74) is 3.49. The van der Waals surface area contributed by atoms with Crippen LogP contribution in [0.5, 0.6) is 5.75 Å². The number of ether oxygens (including phenoxy) is 2. The molecule has 2 N–H and O–H groups in total. The number of aryl methyl sites for hydroxylation is 1. The molecule has 7 nitrogen and oxygen atoms in total. The molecular weight excluding hydrogens is 382 g/mol. The van der Waals surface area contributed by atoms with E-state index in [9.17, 15) is 9.59 Å². The van der Waals surface area contributed by atoms with Crippen molar-refractivity contribution in [1.82, 2.24) is 4.98 Å². The molecule has 0 aliphatic rings. The van der Waals surface area contributed by atoms with Gasteiger partial charge in [0.2, 0.25) is 5.91 Å². The molecule has 2 aromatic rings. The molecule has 0 saturated carbocycles. The predicted octanol–water partition coefficient (Wildman–Crippen LogP) is 4.08. The Hall–Kier alpha value is -2.64. The number of pyridine rings is 1. The van der Waals surface area contributed by atoms with Crippen LogP contribution in [-0.2, 0) is 27.5 Å². The van der Waals surface area contributed by atoms with E-state index in [0.717, 1.165) is 11.1 Å². The second kappa shape index (κ2) is 10.1. The molecule has 0 radical (unpaired) electrons. The summed E-state index contributed by atoms with van der Waals surface area (Å²) in [5, 5.41) is 6.51. The quantitative estimate of drug-likeness (QED) is 0.508. The number of anilines is 2. The van der Waals surface area contributed by atoms with Gasteiger partial charge in [0.1, 0.15) is 5.75 Å². The number of halogens is 1. The SMILES string of the molecule is CCOCc1cnc(CNc2cc(OC(C)=O)cc(C)c2NC(C)=O)c(Cl)c1. The molecule has 1 aromatic carbocycles. The molecule has 0 bridgehead atoms. The summed E-state index contributed by atoms with van der Waals surface area (Å²) < 4.78 is 10.5. The fraction of sp³-hybridized carbons (Fsp3) is 0.350. The number of amides is 1. The molecule has 150 valence electrons. The van der Waals surface area contributed by atoms with Gasteiger partial charge < -0.3 is 20.1 Å². The highest BCUT2D eigenvalue weighted by molar-refractivity contribution is 6.31. The summed E-state index contributed by atoms with van der Waals surface area (Å²) in [5.74, 6) is -0.247. The highest BCUT2D eigenvalue weighted by Gasteiger charge is 2.13. The van der Waals surface area contributed by atoms with Gasteiger partial charge in [-0.2, -0.15) is 0 Å². The van der Waals surface area contributed by atoms with E-state index < -0.39 is 5.97 Å². The molecule has 0 spiro atoms. The van der Waals surface area contributed by atoms with Gasteiger partial charge in [0.15, 0.2) is 0 Å². The number of nitrogens with zero attached hydrogens (tertiary/aromatic N) is 1. The molecule has 0 aliphatic carbocycles. The standard InChI is InChI=1S/C20H24ClN3O4/c1-5-27-11-15-7-17(21)19(22-9-15)10-23-18-8-16(28-14(4)26)6-12(2)20(18)24-13(3)25/h6-9,23H,5,10-11H2,1-4H3,(H,24,25). The first kappa shape index (κ1) is 21.7. The first-order valence-electron chi connectivity index (χ1n) is 8.85. The second-order valence-corrected chi connectivity index (χ2v) is 6.61. The minimum Gasteiger partial charge on any atom is -0.427 e. The number of aromatic nitrogens is 1. The van der Waals surface area contributed by atoms with E-state index in [-0.39, 0.29) is 5.91 Å². The van der Waals surface area contributed by atoms with E-state index in [1.165, 1.54) is 13.8 Å². The summed E-state index contributed by atoms with van der Waals surface area (Å²) >= 11 is 6.33. The molecule has 2 rings (SSSR count). The van der Waals surface area contributed by atoms with Crippen LogP contribution in [0, 0.1) is 6.92 Å². The lowest BCUT2D eigenvalue weighted by atomic mass is 10.1. The van der Waals surface area contributed by atoms with Crippen molar-refractivity contribution >= 4 is 34.9 Å². The topological polar surface area (TPSA) is 89.5 Å². The van der Waals surface area contributed by atoms with Crippen LogP contribution in [0.15, 0.2) is 24.4 Å². The normalized spacial score (nSPS) is 10.5. The third kappa shape index (κ3) is 6.21. The first-order valence-corrected chi connectivity index (χ1v) is 9.23. The van der Waals surface area contributed by atoms with Crippen molar-refractivity contribution in [3.63, 3.8) is 0 Å². The number of hydrogen-bond donors (Lipinski definition) is 2. The van der Waals surface area contributed by atoms with Crippen LogP contribution in [0.2, 0.25) is 5.02 Å². The second-order valence-electron chi connectivity index (χ2n) is 6.20. The Labute approximate surface area is 169 Å². The summed E-state index contributed by atoms with van der Waals surface area (Å²) in [6.07, 6.45) is 1.72.